The number of rotatable bonds is 7. The van der Waals surface area contributed by atoms with E-state index in [2.05, 4.69) is 0 Å². The highest BCUT2D eigenvalue weighted by Gasteiger charge is 2.33. The molecule has 0 saturated carbocycles. The first-order valence-corrected chi connectivity index (χ1v) is 10.2. The van der Waals surface area contributed by atoms with Gasteiger partial charge in [-0.15, -0.1) is 0 Å². The zero-order valence-corrected chi connectivity index (χ0v) is 17.5. The molecule has 0 aromatic heterocycles. The smallest absolute Gasteiger partial charge is 0.281 e. The van der Waals surface area contributed by atoms with Crippen LogP contribution in [0.4, 0.5) is 0 Å². The van der Waals surface area contributed by atoms with Crippen LogP contribution in [0.3, 0.4) is 0 Å². The Balaban J connectivity index is 1.97. The van der Waals surface area contributed by atoms with E-state index in [-0.39, 0.29) is 11.8 Å². The minimum Gasteiger partial charge on any atom is -0.493 e. The summed E-state index contributed by atoms with van der Waals surface area (Å²) in [7, 11) is 4.54. The van der Waals surface area contributed by atoms with Crippen molar-refractivity contribution in [3.8, 4) is 11.5 Å². The van der Waals surface area contributed by atoms with Gasteiger partial charge in [0.25, 0.3) is 10.2 Å². The zero-order chi connectivity index (χ0) is 20.2. The second-order valence-electron chi connectivity index (χ2n) is 6.85. The molecule has 1 amide bonds. The van der Waals surface area contributed by atoms with Gasteiger partial charge >= 0.3 is 0 Å². The summed E-state index contributed by atoms with van der Waals surface area (Å²) in [6.45, 7) is 1.18. The lowest BCUT2D eigenvalue weighted by Crippen LogP contribution is -2.46. The molecule has 152 valence electrons. The van der Waals surface area contributed by atoms with E-state index < -0.39 is 10.2 Å². The van der Waals surface area contributed by atoms with Gasteiger partial charge in [0.1, 0.15) is 0 Å². The quantitative estimate of drug-likeness (QED) is 0.688. The first-order valence-electron chi connectivity index (χ1n) is 8.84. The Morgan fingerprint density at radius 2 is 1.70 bits per heavy atom. The molecule has 0 bridgehead atoms. The van der Waals surface area contributed by atoms with Crippen LogP contribution < -0.4 is 9.47 Å². The van der Waals surface area contributed by atoms with Gasteiger partial charge in [0.05, 0.1) is 14.2 Å². The van der Waals surface area contributed by atoms with Gasteiger partial charge < -0.3 is 14.4 Å². The van der Waals surface area contributed by atoms with Crippen molar-refractivity contribution in [1.29, 1.82) is 0 Å². The van der Waals surface area contributed by atoms with Gasteiger partial charge in [0.2, 0.25) is 5.91 Å². The molecule has 1 aliphatic heterocycles. The van der Waals surface area contributed by atoms with Crippen LogP contribution in [0.5, 0.6) is 11.5 Å². The van der Waals surface area contributed by atoms with Crippen molar-refractivity contribution >= 4 is 16.1 Å². The first kappa shape index (κ1) is 21.5. The van der Waals surface area contributed by atoms with Crippen molar-refractivity contribution in [1.82, 2.24) is 13.5 Å². The summed E-state index contributed by atoms with van der Waals surface area (Å²) in [6, 6.07) is 5.57. The summed E-state index contributed by atoms with van der Waals surface area (Å²) >= 11 is 0. The summed E-state index contributed by atoms with van der Waals surface area (Å²) in [4.78, 5) is 14.4. The fourth-order valence-corrected chi connectivity index (χ4v) is 4.34. The van der Waals surface area contributed by atoms with Gasteiger partial charge in [-0.2, -0.15) is 17.0 Å². The SMILES string of the molecule is COc1ccc(CN(C)C(=O)C2CCN(S(=O)(=O)N(C)C)CC2)cc1OC. The van der Waals surface area contributed by atoms with E-state index in [0.717, 1.165) is 5.56 Å². The number of carbonyl (C=O) groups excluding carboxylic acids is 1. The van der Waals surface area contributed by atoms with Gasteiger partial charge in [-0.3, -0.25) is 4.79 Å². The van der Waals surface area contributed by atoms with Crippen molar-refractivity contribution in [3.63, 3.8) is 0 Å². The van der Waals surface area contributed by atoms with Crippen molar-refractivity contribution in [3.05, 3.63) is 23.8 Å². The Hall–Kier alpha value is -1.84. The predicted octanol–water partition coefficient (Wildman–Crippen LogP) is 1.18. The molecule has 1 fully saturated rings. The maximum Gasteiger partial charge on any atom is 0.281 e. The molecule has 0 N–H and O–H groups in total. The lowest BCUT2D eigenvalue weighted by Gasteiger charge is -2.33. The number of benzene rings is 1. The molecule has 27 heavy (non-hydrogen) atoms. The van der Waals surface area contributed by atoms with Gasteiger partial charge in [-0.05, 0) is 30.5 Å². The van der Waals surface area contributed by atoms with Crippen molar-refractivity contribution < 1.29 is 22.7 Å². The Bertz CT molecular complexity index is 758. The van der Waals surface area contributed by atoms with Crippen molar-refractivity contribution in [2.24, 2.45) is 5.92 Å². The van der Waals surface area contributed by atoms with Gasteiger partial charge in [0.15, 0.2) is 11.5 Å². The highest BCUT2D eigenvalue weighted by molar-refractivity contribution is 7.86. The molecule has 0 aliphatic carbocycles. The number of hydrogen-bond donors (Lipinski definition) is 0. The Morgan fingerprint density at radius 1 is 1.11 bits per heavy atom. The third kappa shape index (κ3) is 4.91. The molecule has 2 rings (SSSR count). The van der Waals surface area contributed by atoms with E-state index in [0.29, 0.717) is 44.0 Å². The van der Waals surface area contributed by atoms with E-state index in [1.54, 1.807) is 26.2 Å². The maximum absolute atomic E-state index is 12.8. The second-order valence-corrected chi connectivity index (χ2v) is 8.99. The molecule has 9 heteroatoms. The highest BCUT2D eigenvalue weighted by atomic mass is 32.2. The maximum atomic E-state index is 12.8. The molecule has 8 nitrogen and oxygen atoms in total. The molecule has 0 radical (unpaired) electrons. The molecular weight excluding hydrogens is 370 g/mol. The third-order valence-corrected chi connectivity index (χ3v) is 6.78. The molecule has 0 unspecified atom stereocenters. The van der Waals surface area contributed by atoms with Crippen LogP contribution in [-0.4, -0.2) is 76.3 Å². The molecule has 1 aliphatic rings. The minimum atomic E-state index is -3.42. The topological polar surface area (TPSA) is 79.4 Å². The Morgan fingerprint density at radius 3 is 2.22 bits per heavy atom. The van der Waals surface area contributed by atoms with Crippen LogP contribution in [0.15, 0.2) is 18.2 Å². The number of methoxy groups -OCH3 is 2. The minimum absolute atomic E-state index is 0.0340. The summed E-state index contributed by atoms with van der Waals surface area (Å²) < 4.78 is 37.5. The molecule has 0 atom stereocenters. The standard InChI is InChI=1S/C18H29N3O5S/c1-19(2)27(23,24)21-10-8-15(9-11-21)18(22)20(3)13-14-6-7-16(25-4)17(12-14)26-5/h6-7,12,15H,8-11,13H2,1-5H3. The highest BCUT2D eigenvalue weighted by Crippen LogP contribution is 2.28. The number of amides is 1. The lowest BCUT2D eigenvalue weighted by atomic mass is 9.96. The normalized spacial score (nSPS) is 16.4. The number of carbonyl (C=O) groups is 1. The largest absolute Gasteiger partial charge is 0.493 e. The van der Waals surface area contributed by atoms with Crippen molar-refractivity contribution in [2.75, 3.05) is 48.5 Å². The van der Waals surface area contributed by atoms with E-state index in [1.165, 1.54) is 22.7 Å². The van der Waals surface area contributed by atoms with Gasteiger partial charge in [-0.25, -0.2) is 0 Å². The number of nitrogens with zero attached hydrogens (tertiary/aromatic N) is 3. The molecule has 1 aromatic rings. The van der Waals surface area contributed by atoms with Gasteiger partial charge in [-0.1, -0.05) is 6.07 Å². The fourth-order valence-electron chi connectivity index (χ4n) is 3.21. The summed E-state index contributed by atoms with van der Waals surface area (Å²) in [6.07, 6.45) is 1.06. The first-order chi connectivity index (χ1) is 12.7. The summed E-state index contributed by atoms with van der Waals surface area (Å²) in [5, 5.41) is 0. The fraction of sp³-hybridized carbons (Fsp3) is 0.611. The molecule has 1 aromatic carbocycles. The second kappa shape index (κ2) is 8.90. The third-order valence-electron chi connectivity index (χ3n) is 4.83. The monoisotopic (exact) mass is 399 g/mol. The summed E-state index contributed by atoms with van der Waals surface area (Å²) in [5.41, 5.74) is 0.941. The van der Waals surface area contributed by atoms with Crippen LogP contribution in [0.1, 0.15) is 18.4 Å². The molecule has 0 spiro atoms. The number of hydrogen-bond acceptors (Lipinski definition) is 5. The number of piperidine rings is 1. The Labute approximate surface area is 161 Å². The average molecular weight is 400 g/mol. The van der Waals surface area contributed by atoms with E-state index in [1.807, 2.05) is 18.2 Å². The van der Waals surface area contributed by atoms with Crippen LogP contribution in [-0.2, 0) is 21.5 Å². The Kier molecular flexibility index (Phi) is 7.07. The van der Waals surface area contributed by atoms with Crippen LogP contribution in [0.25, 0.3) is 0 Å². The zero-order valence-electron chi connectivity index (χ0n) is 16.6. The van der Waals surface area contributed by atoms with Crippen LogP contribution >= 0.6 is 0 Å². The van der Waals surface area contributed by atoms with E-state index in [4.69, 9.17) is 9.47 Å². The molecule has 1 heterocycles. The molecule has 1 saturated heterocycles. The predicted molar refractivity (Wildman–Crippen MR) is 103 cm³/mol. The van der Waals surface area contributed by atoms with E-state index in [9.17, 15) is 13.2 Å². The van der Waals surface area contributed by atoms with E-state index >= 15 is 0 Å². The van der Waals surface area contributed by atoms with Crippen LogP contribution in [0, 0.1) is 5.92 Å². The molecular formula is C18H29N3O5S. The number of ether oxygens (including phenoxy) is 2. The lowest BCUT2D eigenvalue weighted by molar-refractivity contribution is -0.135. The van der Waals surface area contributed by atoms with Crippen LogP contribution in [0.2, 0.25) is 0 Å². The summed E-state index contributed by atoms with van der Waals surface area (Å²) in [5.74, 6) is 1.14. The van der Waals surface area contributed by atoms with Gasteiger partial charge in [0, 0.05) is 46.7 Å². The van der Waals surface area contributed by atoms with Crippen molar-refractivity contribution in [2.45, 2.75) is 19.4 Å². The average Bonchev–Trinajstić information content (AvgIpc) is 2.67.